The van der Waals surface area contributed by atoms with Crippen LogP contribution in [0.5, 0.6) is 0 Å². The summed E-state index contributed by atoms with van der Waals surface area (Å²) in [6.45, 7) is 1.66. The Morgan fingerprint density at radius 3 is 2.40 bits per heavy atom. The van der Waals surface area contributed by atoms with Gasteiger partial charge in [0.15, 0.2) is 0 Å². The molecule has 0 aliphatic carbocycles. The molecule has 5 nitrogen and oxygen atoms in total. The number of amides is 1. The number of benzene rings is 2. The predicted octanol–water partition coefficient (Wildman–Crippen LogP) is 4.28. The average molecular weight is 447 g/mol. The van der Waals surface area contributed by atoms with Gasteiger partial charge in [-0.05, 0) is 60.7 Å². The Hall–Kier alpha value is -2.15. The average Bonchev–Trinajstić information content (AvgIpc) is 3.03. The molecule has 0 unspecified atom stereocenters. The molecule has 1 heterocycles. The Kier molecular flexibility index (Phi) is 8.08. The summed E-state index contributed by atoms with van der Waals surface area (Å²) < 4.78 is 27.2. The standard InChI is InChI=1S/C23H27ClN2O3S/c24-21-7-5-6-20(18-21)10-13-23(27)25-15-14-19-8-11-22(12-9-19)30(28,29)26-16-3-1-2-4-17-26/h5-13,18H,1-4,14-17H2,(H,25,27)/b13-10+. The summed E-state index contributed by atoms with van der Waals surface area (Å²) >= 11 is 5.93. The Labute approximate surface area is 183 Å². The summed E-state index contributed by atoms with van der Waals surface area (Å²) in [4.78, 5) is 12.3. The van der Waals surface area contributed by atoms with Gasteiger partial charge in [-0.3, -0.25) is 4.79 Å². The minimum atomic E-state index is -3.43. The van der Waals surface area contributed by atoms with E-state index in [2.05, 4.69) is 5.32 Å². The second-order valence-electron chi connectivity index (χ2n) is 7.39. The topological polar surface area (TPSA) is 66.5 Å². The number of hydrogen-bond donors (Lipinski definition) is 1. The Morgan fingerprint density at radius 2 is 1.73 bits per heavy atom. The van der Waals surface area contributed by atoms with Crippen LogP contribution in [-0.2, 0) is 21.2 Å². The number of sulfonamides is 1. The number of halogens is 1. The monoisotopic (exact) mass is 446 g/mol. The number of rotatable bonds is 7. The molecule has 1 aliphatic heterocycles. The van der Waals surface area contributed by atoms with Crippen LogP contribution in [0.4, 0.5) is 0 Å². The van der Waals surface area contributed by atoms with E-state index in [0.29, 0.717) is 36.0 Å². The third-order valence-electron chi connectivity index (χ3n) is 5.11. The molecular weight excluding hydrogens is 420 g/mol. The normalized spacial score (nSPS) is 15.8. The van der Waals surface area contributed by atoms with E-state index in [9.17, 15) is 13.2 Å². The number of carbonyl (C=O) groups is 1. The minimum absolute atomic E-state index is 0.185. The highest BCUT2D eigenvalue weighted by Crippen LogP contribution is 2.20. The lowest BCUT2D eigenvalue weighted by atomic mass is 10.1. The van der Waals surface area contributed by atoms with Gasteiger partial charge in [0.25, 0.3) is 0 Å². The van der Waals surface area contributed by atoms with Crippen molar-refractivity contribution >= 4 is 33.6 Å². The molecule has 1 amide bonds. The number of nitrogens with one attached hydrogen (secondary N) is 1. The first-order chi connectivity index (χ1) is 14.4. The Bertz CT molecular complexity index is 980. The lowest BCUT2D eigenvalue weighted by Crippen LogP contribution is -2.31. The molecule has 0 saturated carbocycles. The first-order valence-electron chi connectivity index (χ1n) is 10.3. The molecule has 2 aromatic rings. The molecule has 3 rings (SSSR count). The van der Waals surface area contributed by atoms with Crippen LogP contribution >= 0.6 is 11.6 Å². The summed E-state index contributed by atoms with van der Waals surface area (Å²) in [6.07, 6.45) is 7.83. The van der Waals surface area contributed by atoms with Crippen LogP contribution < -0.4 is 5.32 Å². The van der Waals surface area contributed by atoms with Crippen molar-refractivity contribution in [1.82, 2.24) is 9.62 Å². The molecule has 0 radical (unpaired) electrons. The SMILES string of the molecule is O=C(/C=C/c1cccc(Cl)c1)NCCc1ccc(S(=O)(=O)N2CCCCCC2)cc1. The van der Waals surface area contributed by atoms with Crippen LogP contribution in [-0.4, -0.2) is 38.3 Å². The van der Waals surface area contributed by atoms with Gasteiger partial charge in [-0.25, -0.2) is 8.42 Å². The molecular formula is C23H27ClN2O3S. The molecule has 0 spiro atoms. The highest BCUT2D eigenvalue weighted by molar-refractivity contribution is 7.89. The minimum Gasteiger partial charge on any atom is -0.352 e. The maximum absolute atomic E-state index is 12.8. The highest BCUT2D eigenvalue weighted by Gasteiger charge is 2.24. The largest absolute Gasteiger partial charge is 0.352 e. The van der Waals surface area contributed by atoms with Crippen molar-refractivity contribution in [3.63, 3.8) is 0 Å². The second kappa shape index (κ2) is 10.8. The van der Waals surface area contributed by atoms with E-state index in [1.807, 2.05) is 24.3 Å². The summed E-state index contributed by atoms with van der Waals surface area (Å²) in [7, 11) is -3.43. The third kappa shape index (κ3) is 6.42. The van der Waals surface area contributed by atoms with E-state index in [4.69, 9.17) is 11.6 Å². The van der Waals surface area contributed by atoms with E-state index >= 15 is 0 Å². The van der Waals surface area contributed by atoms with Gasteiger partial charge in [0.05, 0.1) is 4.90 Å². The van der Waals surface area contributed by atoms with Gasteiger partial charge < -0.3 is 5.32 Å². The fraction of sp³-hybridized carbons (Fsp3) is 0.348. The third-order valence-corrected chi connectivity index (χ3v) is 7.26. The Balaban J connectivity index is 1.50. The summed E-state index contributed by atoms with van der Waals surface area (Å²) in [5.74, 6) is -0.185. The molecule has 0 bridgehead atoms. The van der Waals surface area contributed by atoms with Gasteiger partial charge in [0, 0.05) is 30.7 Å². The summed E-state index contributed by atoms with van der Waals surface area (Å²) in [6, 6.07) is 14.2. The molecule has 0 aromatic heterocycles. The van der Waals surface area contributed by atoms with E-state index in [-0.39, 0.29) is 5.91 Å². The van der Waals surface area contributed by atoms with Crippen molar-refractivity contribution in [2.75, 3.05) is 19.6 Å². The molecule has 30 heavy (non-hydrogen) atoms. The van der Waals surface area contributed by atoms with Gasteiger partial charge in [-0.1, -0.05) is 48.7 Å². The van der Waals surface area contributed by atoms with Crippen LogP contribution in [0, 0.1) is 0 Å². The predicted molar refractivity (Wildman–Crippen MR) is 121 cm³/mol. The molecule has 2 aromatic carbocycles. The first-order valence-corrected chi connectivity index (χ1v) is 12.1. The van der Waals surface area contributed by atoms with Gasteiger partial charge in [-0.2, -0.15) is 4.31 Å². The van der Waals surface area contributed by atoms with E-state index in [1.54, 1.807) is 34.6 Å². The Morgan fingerprint density at radius 1 is 1.03 bits per heavy atom. The van der Waals surface area contributed by atoms with Crippen LogP contribution in [0.25, 0.3) is 6.08 Å². The summed E-state index contributed by atoms with van der Waals surface area (Å²) in [5.41, 5.74) is 1.84. The number of nitrogens with zero attached hydrogens (tertiary/aromatic N) is 1. The smallest absolute Gasteiger partial charge is 0.244 e. The zero-order valence-electron chi connectivity index (χ0n) is 16.9. The molecule has 7 heteroatoms. The summed E-state index contributed by atoms with van der Waals surface area (Å²) in [5, 5.41) is 3.46. The van der Waals surface area contributed by atoms with Crippen molar-refractivity contribution in [1.29, 1.82) is 0 Å². The lowest BCUT2D eigenvalue weighted by molar-refractivity contribution is -0.116. The van der Waals surface area contributed by atoms with E-state index < -0.39 is 10.0 Å². The van der Waals surface area contributed by atoms with Crippen LogP contribution in [0.1, 0.15) is 36.8 Å². The van der Waals surface area contributed by atoms with Gasteiger partial charge in [-0.15, -0.1) is 0 Å². The van der Waals surface area contributed by atoms with Crippen LogP contribution in [0.2, 0.25) is 5.02 Å². The molecule has 1 N–H and O–H groups in total. The van der Waals surface area contributed by atoms with Crippen molar-refractivity contribution < 1.29 is 13.2 Å². The fourth-order valence-electron chi connectivity index (χ4n) is 3.43. The lowest BCUT2D eigenvalue weighted by Gasteiger charge is -2.20. The maximum Gasteiger partial charge on any atom is 0.244 e. The van der Waals surface area contributed by atoms with Gasteiger partial charge in [0.2, 0.25) is 15.9 Å². The van der Waals surface area contributed by atoms with Crippen molar-refractivity contribution in [2.24, 2.45) is 0 Å². The van der Waals surface area contributed by atoms with Gasteiger partial charge >= 0.3 is 0 Å². The van der Waals surface area contributed by atoms with Crippen molar-refractivity contribution in [3.8, 4) is 0 Å². The van der Waals surface area contributed by atoms with Gasteiger partial charge in [0.1, 0.15) is 0 Å². The first kappa shape index (κ1) is 22.5. The molecule has 1 aliphatic rings. The fourth-order valence-corrected chi connectivity index (χ4v) is 5.15. The molecule has 160 valence electrons. The zero-order chi connectivity index (χ0) is 21.4. The zero-order valence-corrected chi connectivity index (χ0v) is 18.5. The molecule has 1 saturated heterocycles. The van der Waals surface area contributed by atoms with Crippen molar-refractivity contribution in [3.05, 3.63) is 70.8 Å². The van der Waals surface area contributed by atoms with Crippen LogP contribution in [0.3, 0.4) is 0 Å². The van der Waals surface area contributed by atoms with Crippen molar-refractivity contribution in [2.45, 2.75) is 37.0 Å². The number of carbonyl (C=O) groups excluding carboxylic acids is 1. The van der Waals surface area contributed by atoms with E-state index in [0.717, 1.165) is 36.8 Å². The quantitative estimate of drug-likeness (QED) is 0.645. The second-order valence-corrected chi connectivity index (χ2v) is 9.77. The molecule has 0 atom stereocenters. The maximum atomic E-state index is 12.8. The van der Waals surface area contributed by atoms with E-state index in [1.165, 1.54) is 6.08 Å². The number of hydrogen-bond acceptors (Lipinski definition) is 3. The molecule has 1 fully saturated rings. The van der Waals surface area contributed by atoms with Crippen LogP contribution in [0.15, 0.2) is 59.5 Å². The highest BCUT2D eigenvalue weighted by atomic mass is 35.5.